The first-order valence-corrected chi connectivity index (χ1v) is 10.1. The topological polar surface area (TPSA) is 94.0 Å². The summed E-state index contributed by atoms with van der Waals surface area (Å²) >= 11 is 1.60. The van der Waals surface area contributed by atoms with Crippen molar-refractivity contribution in [1.29, 1.82) is 0 Å². The largest absolute Gasteiger partial charge is 0.484 e. The molecule has 3 aromatic heterocycles. The minimum absolute atomic E-state index is 0.128. The van der Waals surface area contributed by atoms with Crippen LogP contribution in [0.3, 0.4) is 0 Å². The Kier molecular flexibility index (Phi) is 4.86. The van der Waals surface area contributed by atoms with Gasteiger partial charge in [0.05, 0.1) is 12.3 Å². The first-order chi connectivity index (χ1) is 14.8. The van der Waals surface area contributed by atoms with Crippen LogP contribution in [-0.4, -0.2) is 33.4 Å². The Balaban J connectivity index is 1.30. The highest BCUT2D eigenvalue weighted by molar-refractivity contribution is 7.10. The van der Waals surface area contributed by atoms with Crippen LogP contribution in [0.4, 0.5) is 0 Å². The molecule has 4 aromatic rings. The molecule has 9 heteroatoms. The average molecular weight is 420 g/mol. The van der Waals surface area contributed by atoms with Gasteiger partial charge < -0.3 is 13.6 Å². The van der Waals surface area contributed by atoms with Gasteiger partial charge >= 0.3 is 0 Å². The van der Waals surface area contributed by atoms with Gasteiger partial charge in [-0.15, -0.1) is 21.5 Å². The first-order valence-electron chi connectivity index (χ1n) is 9.24. The minimum Gasteiger partial charge on any atom is -0.484 e. The molecule has 8 nitrogen and oxygen atoms in total. The molecule has 5 rings (SSSR count). The Morgan fingerprint density at radius 2 is 2.07 bits per heavy atom. The number of hydrogen-bond acceptors (Lipinski definition) is 8. The zero-order valence-electron chi connectivity index (χ0n) is 15.7. The summed E-state index contributed by atoms with van der Waals surface area (Å²) < 4.78 is 16.3. The number of hydrogen-bond donors (Lipinski definition) is 0. The second-order valence-corrected chi connectivity index (χ2v) is 7.53. The highest BCUT2D eigenvalue weighted by Crippen LogP contribution is 2.35. The van der Waals surface area contributed by atoms with Crippen molar-refractivity contribution in [3.8, 4) is 17.2 Å². The lowest BCUT2D eigenvalue weighted by atomic mass is 10.1. The Hall–Kier alpha value is -3.72. The molecule has 0 saturated heterocycles. The third kappa shape index (κ3) is 3.62. The summed E-state index contributed by atoms with van der Waals surface area (Å²) in [6.07, 6.45) is 3.47. The molecule has 4 heterocycles. The lowest BCUT2D eigenvalue weighted by molar-refractivity contribution is -0.135. The van der Waals surface area contributed by atoms with Crippen LogP contribution >= 0.6 is 11.3 Å². The van der Waals surface area contributed by atoms with Crippen LogP contribution in [0, 0.1) is 0 Å². The molecule has 0 bridgehead atoms. The maximum absolute atomic E-state index is 12.9. The van der Waals surface area contributed by atoms with Crippen LogP contribution in [0.1, 0.15) is 23.1 Å². The molecular weight excluding hydrogens is 404 g/mol. The number of ether oxygens (including phenoxy) is 1. The monoisotopic (exact) mass is 420 g/mol. The zero-order chi connectivity index (χ0) is 20.3. The van der Waals surface area contributed by atoms with Crippen LogP contribution in [0.2, 0.25) is 0 Å². The van der Waals surface area contributed by atoms with Crippen LogP contribution in [0.15, 0.2) is 80.5 Å². The average Bonchev–Trinajstić information content (AvgIpc) is 3.58. The van der Waals surface area contributed by atoms with E-state index in [-0.39, 0.29) is 18.6 Å². The molecule has 1 aromatic carbocycles. The van der Waals surface area contributed by atoms with Gasteiger partial charge in [-0.2, -0.15) is 5.10 Å². The highest BCUT2D eigenvalue weighted by atomic mass is 32.1. The van der Waals surface area contributed by atoms with Crippen LogP contribution in [-0.2, 0) is 4.79 Å². The number of nitrogens with zero attached hydrogens (tertiary/aromatic N) is 4. The smallest absolute Gasteiger partial charge is 0.281 e. The minimum atomic E-state index is -0.226. The van der Waals surface area contributed by atoms with E-state index in [4.69, 9.17) is 13.6 Å². The van der Waals surface area contributed by atoms with E-state index in [0.29, 0.717) is 23.8 Å². The van der Waals surface area contributed by atoms with Crippen molar-refractivity contribution in [2.24, 2.45) is 5.10 Å². The summed E-state index contributed by atoms with van der Waals surface area (Å²) in [6.45, 7) is -0.128. The number of aromatic nitrogens is 2. The van der Waals surface area contributed by atoms with Gasteiger partial charge in [-0.25, -0.2) is 5.01 Å². The van der Waals surface area contributed by atoms with E-state index >= 15 is 0 Å². The van der Waals surface area contributed by atoms with Crippen LogP contribution < -0.4 is 4.74 Å². The van der Waals surface area contributed by atoms with Gasteiger partial charge in [-0.1, -0.05) is 6.07 Å². The molecule has 0 fully saturated rings. The molecule has 1 atom stereocenters. The molecule has 0 N–H and O–H groups in total. The van der Waals surface area contributed by atoms with Gasteiger partial charge in [-0.3, -0.25) is 4.79 Å². The number of furan rings is 1. The number of rotatable bonds is 6. The molecule has 0 saturated carbocycles. The lowest BCUT2D eigenvalue weighted by Gasteiger charge is -2.20. The first kappa shape index (κ1) is 18.3. The van der Waals surface area contributed by atoms with Crippen molar-refractivity contribution in [1.82, 2.24) is 15.2 Å². The van der Waals surface area contributed by atoms with Crippen molar-refractivity contribution in [2.45, 2.75) is 12.5 Å². The number of thiophene rings is 1. The van der Waals surface area contributed by atoms with Gasteiger partial charge in [0.2, 0.25) is 12.3 Å². The van der Waals surface area contributed by atoms with Crippen molar-refractivity contribution in [3.63, 3.8) is 0 Å². The molecule has 0 spiro atoms. The van der Waals surface area contributed by atoms with E-state index in [1.54, 1.807) is 41.9 Å². The molecule has 1 unspecified atom stereocenters. The summed E-state index contributed by atoms with van der Waals surface area (Å²) in [5.74, 6) is 1.43. The molecule has 30 heavy (non-hydrogen) atoms. The Bertz CT molecular complexity index is 1140. The fraction of sp³-hybridized carbons (Fsp3) is 0.143. The molecule has 1 aliphatic rings. The van der Waals surface area contributed by atoms with Gasteiger partial charge in [0, 0.05) is 16.9 Å². The molecule has 1 amide bonds. The van der Waals surface area contributed by atoms with Crippen molar-refractivity contribution in [2.75, 3.05) is 6.61 Å². The van der Waals surface area contributed by atoms with E-state index in [2.05, 4.69) is 15.3 Å². The third-order valence-electron chi connectivity index (χ3n) is 4.67. The summed E-state index contributed by atoms with van der Waals surface area (Å²) in [5, 5.41) is 15.5. The summed E-state index contributed by atoms with van der Waals surface area (Å²) in [7, 11) is 0. The van der Waals surface area contributed by atoms with Crippen molar-refractivity contribution in [3.05, 3.63) is 77.2 Å². The van der Waals surface area contributed by atoms with E-state index in [1.807, 2.05) is 29.6 Å². The Morgan fingerprint density at radius 3 is 2.77 bits per heavy atom. The van der Waals surface area contributed by atoms with Crippen molar-refractivity contribution < 1.29 is 18.4 Å². The van der Waals surface area contributed by atoms with E-state index in [9.17, 15) is 4.79 Å². The summed E-state index contributed by atoms with van der Waals surface area (Å²) in [5.41, 5.74) is 1.52. The summed E-state index contributed by atoms with van der Waals surface area (Å²) in [6, 6.07) is 14.6. The van der Waals surface area contributed by atoms with Gasteiger partial charge in [0.1, 0.15) is 17.2 Å². The third-order valence-corrected chi connectivity index (χ3v) is 5.64. The number of hydrazone groups is 1. The zero-order valence-corrected chi connectivity index (χ0v) is 16.5. The highest BCUT2D eigenvalue weighted by Gasteiger charge is 2.34. The number of carbonyl (C=O) groups is 1. The standard InChI is InChI=1S/C21H16N4O4S/c26-20(12-28-15-7-5-14(6-8-15)21-23-22-13-29-21)25-17(19-4-2-10-30-19)11-16(24-25)18-3-1-9-27-18/h1-10,13,17H,11-12H2. The van der Waals surface area contributed by atoms with E-state index in [1.165, 1.54) is 11.4 Å². The van der Waals surface area contributed by atoms with E-state index in [0.717, 1.165) is 16.2 Å². The fourth-order valence-electron chi connectivity index (χ4n) is 3.24. The van der Waals surface area contributed by atoms with Crippen LogP contribution in [0.5, 0.6) is 5.75 Å². The predicted molar refractivity (Wildman–Crippen MR) is 109 cm³/mol. The molecule has 150 valence electrons. The maximum Gasteiger partial charge on any atom is 0.281 e. The van der Waals surface area contributed by atoms with Gasteiger partial charge in [0.25, 0.3) is 5.91 Å². The summed E-state index contributed by atoms with van der Waals surface area (Å²) in [4.78, 5) is 14.0. The second-order valence-electron chi connectivity index (χ2n) is 6.55. The Labute approximate surface area is 175 Å². The van der Waals surface area contributed by atoms with Gasteiger partial charge in [-0.05, 0) is 47.8 Å². The van der Waals surface area contributed by atoms with E-state index < -0.39 is 0 Å². The number of carbonyl (C=O) groups excluding carboxylic acids is 1. The SMILES string of the molecule is O=C(COc1ccc(-c2nnco2)cc1)N1N=C(c2ccco2)CC1c1cccs1. The molecular formula is C21H16N4O4S. The predicted octanol–water partition coefficient (Wildman–Crippen LogP) is 4.15. The van der Waals surface area contributed by atoms with Gasteiger partial charge in [0.15, 0.2) is 6.61 Å². The van der Waals surface area contributed by atoms with Crippen LogP contribution in [0.25, 0.3) is 11.5 Å². The fourth-order valence-corrected chi connectivity index (χ4v) is 4.05. The number of benzene rings is 1. The molecule has 0 radical (unpaired) electrons. The molecule has 1 aliphatic heterocycles. The maximum atomic E-state index is 12.9. The normalized spacial score (nSPS) is 15.9. The lowest BCUT2D eigenvalue weighted by Crippen LogP contribution is -2.31. The molecule has 0 aliphatic carbocycles. The Morgan fingerprint density at radius 1 is 1.17 bits per heavy atom. The second kappa shape index (κ2) is 7.96. The quantitative estimate of drug-likeness (QED) is 0.465. The number of amides is 1. The van der Waals surface area contributed by atoms with Crippen molar-refractivity contribution >= 4 is 23.0 Å².